The van der Waals surface area contributed by atoms with Crippen molar-refractivity contribution >= 4 is 11.6 Å². The minimum absolute atomic E-state index is 0.359. The minimum atomic E-state index is -1.16. The van der Waals surface area contributed by atoms with Crippen molar-refractivity contribution in [2.45, 2.75) is 19.1 Å². The lowest BCUT2D eigenvalue weighted by atomic mass is 10.0. The van der Waals surface area contributed by atoms with Gasteiger partial charge in [0.05, 0.1) is 17.1 Å². The molecule has 0 spiro atoms. The predicted octanol–water partition coefficient (Wildman–Crippen LogP) is 2.72. The Kier molecular flexibility index (Phi) is 5.20. The summed E-state index contributed by atoms with van der Waals surface area (Å²) in [4.78, 5) is 22.3. The van der Waals surface area contributed by atoms with Gasteiger partial charge in [0.25, 0.3) is 11.6 Å². The van der Waals surface area contributed by atoms with Gasteiger partial charge in [-0.1, -0.05) is 12.1 Å². The molecular weight excluding hydrogens is 322 g/mol. The van der Waals surface area contributed by atoms with Crippen LogP contribution in [-0.4, -0.2) is 22.0 Å². The summed E-state index contributed by atoms with van der Waals surface area (Å²) in [6, 6.07) is 6.71. The third kappa shape index (κ3) is 3.90. The second-order valence-electron chi connectivity index (χ2n) is 5.18. The van der Waals surface area contributed by atoms with Crippen LogP contribution in [0.15, 0.2) is 42.5 Å². The predicted molar refractivity (Wildman–Crippen MR) is 81.3 cm³/mol. The topological polar surface area (TPSA) is 92.5 Å². The number of nitro benzene ring substituents is 1. The first kappa shape index (κ1) is 17.5. The van der Waals surface area contributed by atoms with Crippen molar-refractivity contribution in [1.82, 2.24) is 5.32 Å². The molecule has 0 bridgehead atoms. The van der Waals surface area contributed by atoms with Crippen molar-refractivity contribution in [3.05, 3.63) is 75.3 Å². The number of hydrogen-bond donors (Lipinski definition) is 2. The number of aliphatic hydroxyl groups is 1. The fourth-order valence-electron chi connectivity index (χ4n) is 2.16. The molecule has 0 aliphatic carbocycles. The molecule has 1 amide bonds. The van der Waals surface area contributed by atoms with Gasteiger partial charge in [0.1, 0.15) is 17.2 Å². The molecule has 2 unspecified atom stereocenters. The van der Waals surface area contributed by atoms with Gasteiger partial charge < -0.3 is 10.4 Å². The highest BCUT2D eigenvalue weighted by Gasteiger charge is 2.24. The van der Waals surface area contributed by atoms with E-state index in [0.29, 0.717) is 5.56 Å². The molecule has 0 saturated carbocycles. The van der Waals surface area contributed by atoms with Gasteiger partial charge in [0.2, 0.25) is 0 Å². The van der Waals surface area contributed by atoms with Crippen molar-refractivity contribution in [2.24, 2.45) is 0 Å². The van der Waals surface area contributed by atoms with Gasteiger partial charge in [-0.3, -0.25) is 14.9 Å². The van der Waals surface area contributed by atoms with Crippen molar-refractivity contribution in [1.29, 1.82) is 0 Å². The SMILES string of the molecule is CC(NC(=O)c1cc(F)ccc1[N+](=O)[O-])C(O)c1ccc(F)cc1. The molecule has 0 aliphatic heterocycles. The van der Waals surface area contributed by atoms with Crippen LogP contribution in [0.3, 0.4) is 0 Å². The van der Waals surface area contributed by atoms with E-state index >= 15 is 0 Å². The smallest absolute Gasteiger partial charge is 0.282 e. The molecule has 24 heavy (non-hydrogen) atoms. The highest BCUT2D eigenvalue weighted by molar-refractivity contribution is 5.98. The first-order chi connectivity index (χ1) is 11.3. The summed E-state index contributed by atoms with van der Waals surface area (Å²) in [5, 5.41) is 23.5. The first-order valence-electron chi connectivity index (χ1n) is 6.98. The van der Waals surface area contributed by atoms with E-state index in [0.717, 1.165) is 30.3 Å². The maximum atomic E-state index is 13.3. The van der Waals surface area contributed by atoms with E-state index in [4.69, 9.17) is 0 Å². The molecule has 0 aliphatic rings. The van der Waals surface area contributed by atoms with Crippen LogP contribution in [0.5, 0.6) is 0 Å². The van der Waals surface area contributed by atoms with Gasteiger partial charge in [-0.05, 0) is 36.8 Å². The first-order valence-corrected chi connectivity index (χ1v) is 6.98. The standard InChI is InChI=1S/C16H14F2N2O4/c1-9(15(21)10-2-4-11(17)5-3-10)19-16(22)13-8-12(18)6-7-14(13)20(23)24/h2-9,15,21H,1H3,(H,19,22). The van der Waals surface area contributed by atoms with E-state index < -0.39 is 45.9 Å². The number of nitrogens with one attached hydrogen (secondary N) is 1. The Bertz CT molecular complexity index is 765. The van der Waals surface area contributed by atoms with Crippen LogP contribution in [0.4, 0.5) is 14.5 Å². The highest BCUT2D eigenvalue weighted by Crippen LogP contribution is 2.21. The zero-order valence-electron chi connectivity index (χ0n) is 12.6. The molecule has 0 saturated heterocycles. The largest absolute Gasteiger partial charge is 0.386 e. The third-order valence-corrected chi connectivity index (χ3v) is 3.44. The molecule has 2 N–H and O–H groups in total. The molecule has 6 nitrogen and oxygen atoms in total. The van der Waals surface area contributed by atoms with Crippen LogP contribution >= 0.6 is 0 Å². The molecule has 8 heteroatoms. The van der Waals surface area contributed by atoms with Gasteiger partial charge in [0, 0.05) is 6.07 Å². The maximum absolute atomic E-state index is 13.3. The number of benzene rings is 2. The number of carbonyl (C=O) groups is 1. The third-order valence-electron chi connectivity index (χ3n) is 3.44. The lowest BCUT2D eigenvalue weighted by Crippen LogP contribution is -2.37. The lowest BCUT2D eigenvalue weighted by Gasteiger charge is -2.20. The van der Waals surface area contributed by atoms with Gasteiger partial charge in [-0.25, -0.2) is 8.78 Å². The zero-order valence-corrected chi connectivity index (χ0v) is 12.6. The Hall–Kier alpha value is -2.87. The Labute approximate surface area is 135 Å². The van der Waals surface area contributed by atoms with Gasteiger partial charge in [0.15, 0.2) is 0 Å². The van der Waals surface area contributed by atoms with Gasteiger partial charge in [-0.15, -0.1) is 0 Å². The van der Waals surface area contributed by atoms with E-state index in [1.807, 2.05) is 0 Å². The van der Waals surface area contributed by atoms with E-state index in [1.54, 1.807) is 0 Å². The maximum Gasteiger partial charge on any atom is 0.282 e. The second kappa shape index (κ2) is 7.14. The van der Waals surface area contributed by atoms with Crippen molar-refractivity contribution in [3.63, 3.8) is 0 Å². The molecule has 2 atom stereocenters. The van der Waals surface area contributed by atoms with E-state index in [1.165, 1.54) is 19.1 Å². The van der Waals surface area contributed by atoms with Crippen molar-refractivity contribution < 1.29 is 23.6 Å². The monoisotopic (exact) mass is 336 g/mol. The van der Waals surface area contributed by atoms with Crippen molar-refractivity contribution in [2.75, 3.05) is 0 Å². The fourth-order valence-corrected chi connectivity index (χ4v) is 2.16. The zero-order chi connectivity index (χ0) is 17.9. The summed E-state index contributed by atoms with van der Waals surface area (Å²) >= 11 is 0. The Morgan fingerprint density at radius 2 is 1.75 bits per heavy atom. The Morgan fingerprint density at radius 1 is 1.17 bits per heavy atom. The average Bonchev–Trinajstić information content (AvgIpc) is 2.54. The van der Waals surface area contributed by atoms with Gasteiger partial charge in [-0.2, -0.15) is 0 Å². The molecule has 0 heterocycles. The van der Waals surface area contributed by atoms with E-state index in [9.17, 15) is 28.8 Å². The molecular formula is C16H14F2N2O4. The number of aliphatic hydroxyl groups excluding tert-OH is 1. The molecule has 2 rings (SSSR count). The number of hydrogen-bond acceptors (Lipinski definition) is 4. The van der Waals surface area contributed by atoms with Crippen LogP contribution in [0, 0.1) is 21.7 Å². The number of carbonyl (C=O) groups excluding carboxylic acids is 1. The molecule has 0 aromatic heterocycles. The summed E-state index contributed by atoms with van der Waals surface area (Å²) in [6.45, 7) is 1.47. The van der Waals surface area contributed by atoms with E-state index in [2.05, 4.69) is 5.32 Å². The number of rotatable bonds is 5. The Morgan fingerprint density at radius 3 is 2.33 bits per heavy atom. The van der Waals surface area contributed by atoms with Crippen LogP contribution in [0.25, 0.3) is 0 Å². The summed E-state index contributed by atoms with van der Waals surface area (Å²) in [5.74, 6) is -2.16. The lowest BCUT2D eigenvalue weighted by molar-refractivity contribution is -0.385. The number of nitrogens with zero attached hydrogens (tertiary/aromatic N) is 1. The Balaban J connectivity index is 2.18. The summed E-state index contributed by atoms with van der Waals surface area (Å²) in [7, 11) is 0. The molecule has 0 radical (unpaired) electrons. The van der Waals surface area contributed by atoms with Crippen LogP contribution in [-0.2, 0) is 0 Å². The van der Waals surface area contributed by atoms with Crippen molar-refractivity contribution in [3.8, 4) is 0 Å². The van der Waals surface area contributed by atoms with Crippen LogP contribution in [0.1, 0.15) is 28.9 Å². The number of amides is 1. The quantitative estimate of drug-likeness (QED) is 0.648. The normalized spacial score (nSPS) is 13.2. The summed E-state index contributed by atoms with van der Waals surface area (Å²) in [5.41, 5.74) is -0.631. The molecule has 2 aromatic carbocycles. The molecule has 126 valence electrons. The molecule has 0 fully saturated rings. The minimum Gasteiger partial charge on any atom is -0.386 e. The second-order valence-corrected chi connectivity index (χ2v) is 5.18. The average molecular weight is 336 g/mol. The molecule has 2 aromatic rings. The van der Waals surface area contributed by atoms with Crippen LogP contribution < -0.4 is 5.32 Å². The highest BCUT2D eigenvalue weighted by atomic mass is 19.1. The summed E-state index contributed by atoms with van der Waals surface area (Å²) < 4.78 is 26.2. The fraction of sp³-hybridized carbons (Fsp3) is 0.188. The van der Waals surface area contributed by atoms with E-state index in [-0.39, 0.29) is 0 Å². The van der Waals surface area contributed by atoms with Crippen LogP contribution in [0.2, 0.25) is 0 Å². The van der Waals surface area contributed by atoms with Gasteiger partial charge >= 0.3 is 0 Å². The summed E-state index contributed by atoms with van der Waals surface area (Å²) in [6.07, 6.45) is -1.16. The number of nitro groups is 1. The number of halogens is 2.